The Morgan fingerprint density at radius 1 is 1.50 bits per heavy atom. The SMILES string of the molecule is CCOC(=O)C=Cc1ccc(CBr)cc1C. The van der Waals surface area contributed by atoms with Crippen LogP contribution >= 0.6 is 15.9 Å². The maximum Gasteiger partial charge on any atom is 0.330 e. The zero-order valence-electron chi connectivity index (χ0n) is 9.50. The highest BCUT2D eigenvalue weighted by molar-refractivity contribution is 9.08. The molecule has 0 amide bonds. The summed E-state index contributed by atoms with van der Waals surface area (Å²) in [4.78, 5) is 11.1. The van der Waals surface area contributed by atoms with Gasteiger partial charge in [0, 0.05) is 11.4 Å². The lowest BCUT2D eigenvalue weighted by atomic mass is 10.1. The number of ether oxygens (including phenoxy) is 1. The fourth-order valence-electron chi connectivity index (χ4n) is 1.36. The van der Waals surface area contributed by atoms with Crippen molar-refractivity contribution in [3.63, 3.8) is 0 Å². The number of hydrogen-bond acceptors (Lipinski definition) is 2. The molecule has 0 radical (unpaired) electrons. The van der Waals surface area contributed by atoms with Crippen molar-refractivity contribution in [1.82, 2.24) is 0 Å². The molecule has 0 aliphatic heterocycles. The van der Waals surface area contributed by atoms with Crippen molar-refractivity contribution in [1.29, 1.82) is 0 Å². The van der Waals surface area contributed by atoms with E-state index in [1.54, 1.807) is 13.0 Å². The maximum absolute atomic E-state index is 11.1. The zero-order chi connectivity index (χ0) is 12.0. The third-order valence-corrected chi connectivity index (χ3v) is 2.82. The number of esters is 1. The summed E-state index contributed by atoms with van der Waals surface area (Å²) in [7, 11) is 0. The van der Waals surface area contributed by atoms with Crippen molar-refractivity contribution in [2.45, 2.75) is 19.2 Å². The molecule has 0 fully saturated rings. The van der Waals surface area contributed by atoms with Crippen molar-refractivity contribution in [3.8, 4) is 0 Å². The predicted octanol–water partition coefficient (Wildman–Crippen LogP) is 3.47. The second-order valence-electron chi connectivity index (χ2n) is 3.41. The fourth-order valence-corrected chi connectivity index (χ4v) is 1.70. The molecule has 0 saturated carbocycles. The highest BCUT2D eigenvalue weighted by Crippen LogP contribution is 2.14. The Morgan fingerprint density at radius 3 is 2.81 bits per heavy atom. The summed E-state index contributed by atoms with van der Waals surface area (Å²) in [6.07, 6.45) is 3.24. The second kappa shape index (κ2) is 6.48. The predicted molar refractivity (Wildman–Crippen MR) is 69.5 cm³/mol. The molecule has 0 bridgehead atoms. The Morgan fingerprint density at radius 2 is 2.25 bits per heavy atom. The molecule has 1 aromatic rings. The van der Waals surface area contributed by atoms with E-state index in [0.29, 0.717) is 6.61 Å². The number of alkyl halides is 1. The van der Waals surface area contributed by atoms with Crippen LogP contribution in [0.15, 0.2) is 24.3 Å². The fraction of sp³-hybridized carbons (Fsp3) is 0.308. The molecule has 16 heavy (non-hydrogen) atoms. The van der Waals surface area contributed by atoms with Gasteiger partial charge in [0.05, 0.1) is 6.61 Å². The molecular formula is C13H15BrO2. The molecule has 0 aliphatic rings. The molecule has 0 unspecified atom stereocenters. The van der Waals surface area contributed by atoms with Gasteiger partial charge in [-0.3, -0.25) is 0 Å². The molecular weight excluding hydrogens is 268 g/mol. The van der Waals surface area contributed by atoms with E-state index >= 15 is 0 Å². The average Bonchev–Trinajstić information content (AvgIpc) is 2.27. The number of hydrogen-bond donors (Lipinski definition) is 0. The van der Waals surface area contributed by atoms with Crippen LogP contribution in [0, 0.1) is 6.92 Å². The van der Waals surface area contributed by atoms with Crippen LogP contribution in [-0.4, -0.2) is 12.6 Å². The van der Waals surface area contributed by atoms with Crippen LogP contribution in [0.3, 0.4) is 0 Å². The summed E-state index contributed by atoms with van der Waals surface area (Å²) in [6.45, 7) is 4.23. The van der Waals surface area contributed by atoms with Gasteiger partial charge in [-0.05, 0) is 36.6 Å². The summed E-state index contributed by atoms with van der Waals surface area (Å²) >= 11 is 3.41. The van der Waals surface area contributed by atoms with Crippen LogP contribution in [0.25, 0.3) is 6.08 Å². The molecule has 0 heterocycles. The Labute approximate surface area is 104 Å². The van der Waals surface area contributed by atoms with E-state index in [0.717, 1.165) is 16.5 Å². The van der Waals surface area contributed by atoms with Crippen molar-refractivity contribution >= 4 is 28.0 Å². The Bertz CT molecular complexity index is 397. The second-order valence-corrected chi connectivity index (χ2v) is 3.97. The molecule has 86 valence electrons. The van der Waals surface area contributed by atoms with Crippen molar-refractivity contribution in [3.05, 3.63) is 41.0 Å². The first-order valence-corrected chi connectivity index (χ1v) is 6.30. The van der Waals surface area contributed by atoms with E-state index in [1.807, 2.05) is 19.1 Å². The summed E-state index contributed by atoms with van der Waals surface area (Å²) < 4.78 is 4.82. The minimum Gasteiger partial charge on any atom is -0.463 e. The first-order valence-electron chi connectivity index (χ1n) is 5.17. The smallest absolute Gasteiger partial charge is 0.330 e. The van der Waals surface area contributed by atoms with Gasteiger partial charge in [-0.1, -0.05) is 34.1 Å². The summed E-state index contributed by atoms with van der Waals surface area (Å²) in [5.74, 6) is -0.300. The number of rotatable bonds is 4. The lowest BCUT2D eigenvalue weighted by Crippen LogP contribution is -1.98. The maximum atomic E-state index is 11.1. The van der Waals surface area contributed by atoms with E-state index in [4.69, 9.17) is 4.74 Å². The first kappa shape index (κ1) is 13.0. The van der Waals surface area contributed by atoms with Crippen molar-refractivity contribution in [2.24, 2.45) is 0 Å². The van der Waals surface area contributed by atoms with E-state index in [-0.39, 0.29) is 5.97 Å². The van der Waals surface area contributed by atoms with Crippen molar-refractivity contribution in [2.75, 3.05) is 6.61 Å². The molecule has 1 rings (SSSR count). The number of benzene rings is 1. The molecule has 0 saturated heterocycles. The summed E-state index contributed by atoms with van der Waals surface area (Å²) in [6, 6.07) is 6.13. The normalized spacial score (nSPS) is 10.7. The molecule has 3 heteroatoms. The minimum atomic E-state index is -0.300. The largest absolute Gasteiger partial charge is 0.463 e. The zero-order valence-corrected chi connectivity index (χ0v) is 11.1. The van der Waals surface area contributed by atoms with Crippen LogP contribution in [-0.2, 0) is 14.9 Å². The minimum absolute atomic E-state index is 0.300. The highest BCUT2D eigenvalue weighted by Gasteiger charge is 1.98. The molecule has 0 aliphatic carbocycles. The van der Waals surface area contributed by atoms with Gasteiger partial charge in [0.1, 0.15) is 0 Å². The number of halogens is 1. The molecule has 2 nitrogen and oxygen atoms in total. The van der Waals surface area contributed by atoms with Gasteiger partial charge in [-0.2, -0.15) is 0 Å². The average molecular weight is 283 g/mol. The molecule has 1 aromatic carbocycles. The lowest BCUT2D eigenvalue weighted by Gasteiger charge is -2.02. The van der Waals surface area contributed by atoms with E-state index in [2.05, 4.69) is 22.0 Å². The Hall–Kier alpha value is -1.09. The van der Waals surface area contributed by atoms with Crippen LogP contribution in [0.2, 0.25) is 0 Å². The molecule has 0 N–H and O–H groups in total. The standard InChI is InChI=1S/C13H15BrO2/c1-3-16-13(15)7-6-12-5-4-11(9-14)8-10(12)2/h4-8H,3,9H2,1-2H3. The quantitative estimate of drug-likeness (QED) is 0.480. The Kier molecular flexibility index (Phi) is 5.26. The van der Waals surface area contributed by atoms with E-state index in [9.17, 15) is 4.79 Å². The van der Waals surface area contributed by atoms with Gasteiger partial charge in [0.2, 0.25) is 0 Å². The monoisotopic (exact) mass is 282 g/mol. The third kappa shape index (κ3) is 3.81. The van der Waals surface area contributed by atoms with Crippen LogP contribution < -0.4 is 0 Å². The van der Waals surface area contributed by atoms with E-state index in [1.165, 1.54) is 11.6 Å². The van der Waals surface area contributed by atoms with Crippen LogP contribution in [0.1, 0.15) is 23.6 Å². The Balaban J connectivity index is 2.78. The van der Waals surface area contributed by atoms with Gasteiger partial charge >= 0.3 is 5.97 Å². The summed E-state index contributed by atoms with van der Waals surface area (Å²) in [5, 5.41) is 0.843. The van der Waals surface area contributed by atoms with Gasteiger partial charge in [0.15, 0.2) is 0 Å². The summed E-state index contributed by atoms with van der Waals surface area (Å²) in [5.41, 5.74) is 3.42. The molecule has 0 spiro atoms. The third-order valence-electron chi connectivity index (χ3n) is 2.17. The van der Waals surface area contributed by atoms with Crippen molar-refractivity contribution < 1.29 is 9.53 Å². The van der Waals surface area contributed by atoms with Gasteiger partial charge in [0.25, 0.3) is 0 Å². The van der Waals surface area contributed by atoms with Crippen LogP contribution in [0.5, 0.6) is 0 Å². The van der Waals surface area contributed by atoms with Gasteiger partial charge in [-0.15, -0.1) is 0 Å². The number of aryl methyl sites for hydroxylation is 1. The number of carbonyl (C=O) groups excluding carboxylic acids is 1. The molecule has 0 atom stereocenters. The molecule has 0 aromatic heterocycles. The highest BCUT2D eigenvalue weighted by atomic mass is 79.9. The lowest BCUT2D eigenvalue weighted by molar-refractivity contribution is -0.137. The number of carbonyl (C=O) groups is 1. The topological polar surface area (TPSA) is 26.3 Å². The van der Waals surface area contributed by atoms with Gasteiger partial charge in [-0.25, -0.2) is 4.79 Å². The van der Waals surface area contributed by atoms with Crippen LogP contribution in [0.4, 0.5) is 0 Å². The van der Waals surface area contributed by atoms with Gasteiger partial charge < -0.3 is 4.74 Å². The first-order chi connectivity index (χ1) is 7.67. The van der Waals surface area contributed by atoms with E-state index < -0.39 is 0 Å².